The number of hydrogen-bond donors (Lipinski definition) is 1. The van der Waals surface area contributed by atoms with E-state index in [0.717, 1.165) is 0 Å². The SMILES string of the molecule is CCN(CC)S(=O)(=O)c1cccc(S(=O)(=O)N2CCOC(CN)C2)c1. The zero-order valence-electron chi connectivity index (χ0n) is 14.5. The summed E-state index contributed by atoms with van der Waals surface area (Å²) >= 11 is 0. The van der Waals surface area contributed by atoms with Crippen molar-refractivity contribution < 1.29 is 21.6 Å². The summed E-state index contributed by atoms with van der Waals surface area (Å²) < 4.78 is 58.9. The first-order valence-electron chi connectivity index (χ1n) is 8.19. The van der Waals surface area contributed by atoms with Gasteiger partial charge in [-0.25, -0.2) is 16.8 Å². The molecular weight excluding hydrogens is 366 g/mol. The van der Waals surface area contributed by atoms with E-state index in [2.05, 4.69) is 0 Å². The van der Waals surface area contributed by atoms with Crippen LogP contribution in [0.3, 0.4) is 0 Å². The van der Waals surface area contributed by atoms with Gasteiger partial charge in [-0.15, -0.1) is 0 Å². The van der Waals surface area contributed by atoms with Crippen molar-refractivity contribution in [3.8, 4) is 0 Å². The molecule has 1 aromatic rings. The number of rotatable bonds is 7. The van der Waals surface area contributed by atoms with Crippen molar-refractivity contribution >= 4 is 20.0 Å². The normalized spacial score (nSPS) is 20.1. The minimum atomic E-state index is -3.81. The number of benzene rings is 1. The van der Waals surface area contributed by atoms with Crippen molar-refractivity contribution in [1.82, 2.24) is 8.61 Å². The zero-order valence-corrected chi connectivity index (χ0v) is 16.1. The Hall–Kier alpha value is -1.04. The second-order valence-corrected chi connectivity index (χ2v) is 9.53. The summed E-state index contributed by atoms with van der Waals surface area (Å²) in [5, 5.41) is 0. The van der Waals surface area contributed by atoms with Crippen LogP contribution in [-0.2, 0) is 24.8 Å². The van der Waals surface area contributed by atoms with Crippen LogP contribution in [0.1, 0.15) is 13.8 Å². The molecule has 2 N–H and O–H groups in total. The predicted octanol–water partition coefficient (Wildman–Crippen LogP) is 0.0653. The fourth-order valence-electron chi connectivity index (χ4n) is 2.71. The van der Waals surface area contributed by atoms with Gasteiger partial charge in [-0.1, -0.05) is 19.9 Å². The molecule has 10 heteroatoms. The molecule has 0 spiro atoms. The van der Waals surface area contributed by atoms with E-state index in [1.807, 2.05) is 0 Å². The monoisotopic (exact) mass is 391 g/mol. The molecule has 0 saturated carbocycles. The Labute approximate surface area is 149 Å². The highest BCUT2D eigenvalue weighted by Crippen LogP contribution is 2.23. The Morgan fingerprint density at radius 3 is 2.44 bits per heavy atom. The molecule has 0 aromatic heterocycles. The molecule has 142 valence electrons. The number of ether oxygens (including phenoxy) is 1. The van der Waals surface area contributed by atoms with Gasteiger partial charge in [0.1, 0.15) is 0 Å². The molecule has 1 unspecified atom stereocenters. The quantitative estimate of drug-likeness (QED) is 0.704. The molecule has 0 aliphatic carbocycles. The molecule has 1 heterocycles. The number of hydrogen-bond acceptors (Lipinski definition) is 6. The van der Waals surface area contributed by atoms with Crippen molar-refractivity contribution in [2.75, 3.05) is 39.3 Å². The molecule has 25 heavy (non-hydrogen) atoms. The second kappa shape index (κ2) is 8.11. The molecule has 8 nitrogen and oxygen atoms in total. The number of morpholine rings is 1. The van der Waals surface area contributed by atoms with Gasteiger partial charge in [0.05, 0.1) is 22.5 Å². The summed E-state index contributed by atoms with van der Waals surface area (Å²) in [6, 6.07) is 5.48. The lowest BCUT2D eigenvalue weighted by atomic mass is 10.3. The van der Waals surface area contributed by atoms with Gasteiger partial charge in [0.25, 0.3) is 0 Å². The average Bonchev–Trinajstić information content (AvgIpc) is 2.62. The Kier molecular flexibility index (Phi) is 6.57. The van der Waals surface area contributed by atoms with Gasteiger partial charge < -0.3 is 10.5 Å². The van der Waals surface area contributed by atoms with Gasteiger partial charge in [-0.05, 0) is 18.2 Å². The summed E-state index contributed by atoms with van der Waals surface area (Å²) in [5.41, 5.74) is 5.56. The predicted molar refractivity (Wildman–Crippen MR) is 94.1 cm³/mol. The van der Waals surface area contributed by atoms with Crippen LogP contribution in [0.15, 0.2) is 34.1 Å². The highest BCUT2D eigenvalue weighted by Gasteiger charge is 2.31. The Bertz CT molecular complexity index is 791. The maximum absolute atomic E-state index is 12.9. The zero-order chi connectivity index (χ0) is 18.7. The maximum atomic E-state index is 12.9. The molecule has 0 radical (unpaired) electrons. The van der Waals surface area contributed by atoms with Crippen molar-refractivity contribution in [3.63, 3.8) is 0 Å². The van der Waals surface area contributed by atoms with Crippen LogP contribution in [0.2, 0.25) is 0 Å². The summed E-state index contributed by atoms with van der Waals surface area (Å²) in [7, 11) is -7.54. The van der Waals surface area contributed by atoms with Gasteiger partial charge >= 0.3 is 0 Å². The van der Waals surface area contributed by atoms with E-state index >= 15 is 0 Å². The van der Waals surface area contributed by atoms with Crippen molar-refractivity contribution in [1.29, 1.82) is 0 Å². The molecule has 1 aromatic carbocycles. The lowest BCUT2D eigenvalue weighted by Gasteiger charge is -2.31. The molecule has 0 bridgehead atoms. The molecule has 1 fully saturated rings. The largest absolute Gasteiger partial charge is 0.374 e. The van der Waals surface area contributed by atoms with E-state index in [0.29, 0.717) is 13.1 Å². The average molecular weight is 392 g/mol. The van der Waals surface area contributed by atoms with E-state index in [1.54, 1.807) is 13.8 Å². The van der Waals surface area contributed by atoms with E-state index in [1.165, 1.54) is 32.9 Å². The van der Waals surface area contributed by atoms with Crippen molar-refractivity contribution in [3.05, 3.63) is 24.3 Å². The smallest absolute Gasteiger partial charge is 0.243 e. The Morgan fingerprint density at radius 1 is 1.20 bits per heavy atom. The fourth-order valence-corrected chi connectivity index (χ4v) is 5.79. The first-order valence-corrected chi connectivity index (χ1v) is 11.1. The van der Waals surface area contributed by atoms with E-state index in [4.69, 9.17) is 10.5 Å². The third-order valence-electron chi connectivity index (χ3n) is 4.15. The minimum Gasteiger partial charge on any atom is -0.374 e. The topological polar surface area (TPSA) is 110 Å². The second-order valence-electron chi connectivity index (χ2n) is 5.66. The van der Waals surface area contributed by atoms with Crippen molar-refractivity contribution in [2.24, 2.45) is 5.73 Å². The van der Waals surface area contributed by atoms with E-state index < -0.39 is 20.0 Å². The van der Waals surface area contributed by atoms with Gasteiger partial charge in [-0.3, -0.25) is 0 Å². The van der Waals surface area contributed by atoms with Crippen LogP contribution < -0.4 is 5.73 Å². The van der Waals surface area contributed by atoms with Crippen LogP contribution in [0.25, 0.3) is 0 Å². The highest BCUT2D eigenvalue weighted by molar-refractivity contribution is 7.90. The first kappa shape index (κ1) is 20.3. The van der Waals surface area contributed by atoms with E-state index in [9.17, 15) is 16.8 Å². The van der Waals surface area contributed by atoms with Crippen molar-refractivity contribution in [2.45, 2.75) is 29.7 Å². The summed E-state index contributed by atoms with van der Waals surface area (Å²) in [5.74, 6) is 0. The molecule has 1 aliphatic rings. The van der Waals surface area contributed by atoms with Crippen LogP contribution in [0.4, 0.5) is 0 Å². The molecule has 1 atom stereocenters. The van der Waals surface area contributed by atoms with Gasteiger partial charge in [0.2, 0.25) is 20.0 Å². The van der Waals surface area contributed by atoms with Gasteiger partial charge in [0.15, 0.2) is 0 Å². The van der Waals surface area contributed by atoms with Gasteiger partial charge in [-0.2, -0.15) is 8.61 Å². The standard InChI is InChI=1S/C15H25N3O5S2/c1-3-17(4-2)24(19,20)14-6-5-7-15(10-14)25(21,22)18-8-9-23-13(11-16)12-18/h5-7,10,13H,3-4,8-9,11-12,16H2,1-2H3. The van der Waals surface area contributed by atoms with Crippen LogP contribution >= 0.6 is 0 Å². The maximum Gasteiger partial charge on any atom is 0.243 e. The number of nitrogens with zero attached hydrogens (tertiary/aromatic N) is 2. The molecule has 1 aliphatic heterocycles. The summed E-state index contributed by atoms with van der Waals surface area (Å²) in [6.45, 7) is 4.97. The molecular formula is C15H25N3O5S2. The van der Waals surface area contributed by atoms with Crippen LogP contribution in [0, 0.1) is 0 Å². The summed E-state index contributed by atoms with van der Waals surface area (Å²) in [4.78, 5) is -0.0701. The Balaban J connectivity index is 2.38. The van der Waals surface area contributed by atoms with Gasteiger partial charge in [0, 0.05) is 32.7 Å². The molecule has 2 rings (SSSR count). The van der Waals surface area contributed by atoms with Crippen LogP contribution in [-0.4, -0.2) is 70.9 Å². The summed E-state index contributed by atoms with van der Waals surface area (Å²) in [6.07, 6.45) is -0.355. The third-order valence-corrected chi connectivity index (χ3v) is 8.06. The lowest BCUT2D eigenvalue weighted by Crippen LogP contribution is -2.48. The molecule has 1 saturated heterocycles. The minimum absolute atomic E-state index is 0.0269. The first-order chi connectivity index (χ1) is 11.8. The van der Waals surface area contributed by atoms with Crippen LogP contribution in [0.5, 0.6) is 0 Å². The van der Waals surface area contributed by atoms with E-state index in [-0.39, 0.29) is 42.1 Å². The molecule has 0 amide bonds. The fraction of sp³-hybridized carbons (Fsp3) is 0.600. The number of sulfonamides is 2. The lowest BCUT2D eigenvalue weighted by molar-refractivity contribution is 0.00450. The highest BCUT2D eigenvalue weighted by atomic mass is 32.2. The third kappa shape index (κ3) is 4.21. The Morgan fingerprint density at radius 2 is 1.84 bits per heavy atom. The number of nitrogens with two attached hydrogens (primary N) is 1.